The number of H-pyrrole nitrogens is 1. The lowest BCUT2D eigenvalue weighted by atomic mass is 10.1. The number of hydrogen-bond donors (Lipinski definition) is 2. The second-order valence-electron chi connectivity index (χ2n) is 5.29. The van der Waals surface area contributed by atoms with Crippen LogP contribution < -0.4 is 4.74 Å². The fraction of sp³-hybridized carbons (Fsp3) is 0.111. The lowest BCUT2D eigenvalue weighted by Gasteiger charge is -2.11. The molecule has 8 heteroatoms. The minimum absolute atomic E-state index is 0.0337. The van der Waals surface area contributed by atoms with Gasteiger partial charge in [0.1, 0.15) is 17.7 Å². The maximum atomic E-state index is 13.4. The highest BCUT2D eigenvalue weighted by molar-refractivity contribution is 9.13. The highest BCUT2D eigenvalue weighted by atomic mass is 79.9. The predicted octanol–water partition coefficient (Wildman–Crippen LogP) is 5.40. The molecule has 0 atom stereocenters. The highest BCUT2D eigenvalue weighted by Gasteiger charge is 2.16. The molecule has 0 bridgehead atoms. The van der Waals surface area contributed by atoms with Crippen LogP contribution in [0.25, 0.3) is 22.7 Å². The number of rotatable bonds is 4. The highest BCUT2D eigenvalue weighted by Crippen LogP contribution is 2.42. The molecule has 3 rings (SSSR count). The molecule has 0 saturated carbocycles. The third kappa shape index (κ3) is 3.45. The molecule has 1 aromatic heterocycles. The molecule has 0 aliphatic heterocycles. The lowest BCUT2D eigenvalue weighted by Crippen LogP contribution is -1.94. The van der Waals surface area contributed by atoms with Gasteiger partial charge in [-0.15, -0.1) is 0 Å². The van der Waals surface area contributed by atoms with Gasteiger partial charge in [-0.25, -0.2) is 9.37 Å². The van der Waals surface area contributed by atoms with Crippen LogP contribution in [0.3, 0.4) is 0 Å². The molecule has 0 spiro atoms. The fourth-order valence-corrected chi connectivity index (χ4v) is 3.24. The van der Waals surface area contributed by atoms with Gasteiger partial charge >= 0.3 is 0 Å². The van der Waals surface area contributed by atoms with Crippen LogP contribution in [0.15, 0.2) is 33.2 Å². The number of nitriles is 1. The maximum Gasteiger partial charge on any atom is 0.173 e. The number of fused-ring (bicyclic) bond motifs is 1. The number of aromatic amines is 1. The molecule has 0 unspecified atom stereocenters. The first-order valence-electron chi connectivity index (χ1n) is 7.55. The van der Waals surface area contributed by atoms with Crippen LogP contribution >= 0.6 is 31.9 Å². The second kappa shape index (κ2) is 7.48. The van der Waals surface area contributed by atoms with Gasteiger partial charge in [-0.2, -0.15) is 5.26 Å². The number of halogens is 3. The Kier molecular flexibility index (Phi) is 5.30. The number of benzene rings is 2. The van der Waals surface area contributed by atoms with E-state index in [1.807, 2.05) is 0 Å². The lowest BCUT2D eigenvalue weighted by molar-refractivity contribution is 0.317. The molecule has 5 nitrogen and oxygen atoms in total. The van der Waals surface area contributed by atoms with Crippen molar-refractivity contribution in [3.05, 3.63) is 50.4 Å². The average Bonchev–Trinajstić information content (AvgIpc) is 3.04. The van der Waals surface area contributed by atoms with E-state index in [2.05, 4.69) is 47.9 Å². The number of ether oxygens (including phenoxy) is 1. The number of phenolic OH excluding ortho intramolecular Hbond substituents is 1. The second-order valence-corrected chi connectivity index (χ2v) is 6.88. The quantitative estimate of drug-likeness (QED) is 0.490. The Bertz CT molecular complexity index is 1070. The van der Waals surface area contributed by atoms with Gasteiger partial charge in [-0.05, 0) is 74.7 Å². The Morgan fingerprint density at radius 1 is 1.38 bits per heavy atom. The van der Waals surface area contributed by atoms with E-state index in [4.69, 9.17) is 4.74 Å². The van der Waals surface area contributed by atoms with Gasteiger partial charge in [-0.3, -0.25) is 0 Å². The minimum atomic E-state index is -0.387. The first kappa shape index (κ1) is 18.4. The number of imidazole rings is 1. The molecule has 0 aliphatic rings. The number of aromatic hydroxyl groups is 1. The first-order valence-corrected chi connectivity index (χ1v) is 9.14. The minimum Gasteiger partial charge on any atom is -0.503 e. The van der Waals surface area contributed by atoms with Gasteiger partial charge in [0.05, 0.1) is 27.7 Å². The largest absolute Gasteiger partial charge is 0.503 e. The fourth-order valence-electron chi connectivity index (χ4n) is 2.40. The third-order valence-corrected chi connectivity index (χ3v) is 5.75. The van der Waals surface area contributed by atoms with E-state index >= 15 is 0 Å². The van der Waals surface area contributed by atoms with Crippen molar-refractivity contribution in [3.8, 4) is 17.6 Å². The van der Waals surface area contributed by atoms with Crippen LogP contribution in [0.5, 0.6) is 11.5 Å². The normalized spacial score (nSPS) is 11.6. The van der Waals surface area contributed by atoms with E-state index in [9.17, 15) is 14.8 Å². The van der Waals surface area contributed by atoms with Crippen molar-refractivity contribution in [2.75, 3.05) is 6.61 Å². The van der Waals surface area contributed by atoms with Crippen molar-refractivity contribution in [2.45, 2.75) is 6.92 Å². The molecule has 0 aliphatic carbocycles. The van der Waals surface area contributed by atoms with Gasteiger partial charge in [0.15, 0.2) is 11.5 Å². The van der Waals surface area contributed by atoms with Crippen molar-refractivity contribution < 1.29 is 14.2 Å². The average molecular weight is 481 g/mol. The zero-order chi connectivity index (χ0) is 18.8. The standard InChI is InChI=1S/C18H12Br2FN3O2/c1-2-26-14-6-9(15(19)16(20)17(14)25)5-10(8-22)18-23-12-4-3-11(21)7-13(12)24-18/h3-7,25H,2H2,1H3,(H,23,24)/b10-5-. The summed E-state index contributed by atoms with van der Waals surface area (Å²) in [6.07, 6.45) is 1.60. The van der Waals surface area contributed by atoms with Crippen molar-refractivity contribution in [2.24, 2.45) is 0 Å². The van der Waals surface area contributed by atoms with Gasteiger partial charge in [-0.1, -0.05) is 0 Å². The summed E-state index contributed by atoms with van der Waals surface area (Å²) in [6.45, 7) is 2.18. The van der Waals surface area contributed by atoms with E-state index in [1.165, 1.54) is 12.1 Å². The summed E-state index contributed by atoms with van der Waals surface area (Å²) < 4.78 is 19.7. The van der Waals surface area contributed by atoms with E-state index in [1.54, 1.807) is 25.1 Å². The van der Waals surface area contributed by atoms with E-state index in [0.29, 0.717) is 38.0 Å². The van der Waals surface area contributed by atoms with Crippen LogP contribution in [-0.4, -0.2) is 21.7 Å². The Morgan fingerprint density at radius 2 is 2.15 bits per heavy atom. The van der Waals surface area contributed by atoms with Gasteiger partial charge in [0, 0.05) is 4.47 Å². The van der Waals surface area contributed by atoms with Crippen LogP contribution in [-0.2, 0) is 0 Å². The van der Waals surface area contributed by atoms with Gasteiger partial charge in [0.25, 0.3) is 0 Å². The molecular formula is C18H12Br2FN3O2. The number of phenols is 1. The molecular weight excluding hydrogens is 469 g/mol. The van der Waals surface area contributed by atoms with Crippen LogP contribution in [0, 0.1) is 17.1 Å². The summed E-state index contributed by atoms with van der Waals surface area (Å²) in [6, 6.07) is 7.88. The first-order chi connectivity index (χ1) is 12.4. The Hall–Kier alpha value is -2.37. The van der Waals surface area contributed by atoms with Crippen molar-refractivity contribution in [3.63, 3.8) is 0 Å². The molecule has 2 N–H and O–H groups in total. The topological polar surface area (TPSA) is 81.9 Å². The van der Waals surface area contributed by atoms with Gasteiger partial charge in [0.2, 0.25) is 0 Å². The number of hydrogen-bond acceptors (Lipinski definition) is 4. The molecule has 0 fully saturated rings. The van der Waals surface area contributed by atoms with Gasteiger partial charge < -0.3 is 14.8 Å². The summed E-state index contributed by atoms with van der Waals surface area (Å²) in [4.78, 5) is 7.27. The monoisotopic (exact) mass is 479 g/mol. The predicted molar refractivity (Wildman–Crippen MR) is 104 cm³/mol. The number of nitrogens with one attached hydrogen (secondary N) is 1. The Morgan fingerprint density at radius 3 is 2.85 bits per heavy atom. The number of nitrogens with zero attached hydrogens (tertiary/aromatic N) is 2. The molecule has 26 heavy (non-hydrogen) atoms. The molecule has 1 heterocycles. The summed E-state index contributed by atoms with van der Waals surface area (Å²) in [7, 11) is 0. The zero-order valence-electron chi connectivity index (χ0n) is 13.5. The summed E-state index contributed by atoms with van der Waals surface area (Å²) in [5, 5.41) is 19.7. The van der Waals surface area contributed by atoms with Crippen molar-refractivity contribution >= 4 is 54.5 Å². The van der Waals surface area contributed by atoms with Crippen LogP contribution in [0.2, 0.25) is 0 Å². The van der Waals surface area contributed by atoms with E-state index in [-0.39, 0.29) is 22.9 Å². The Balaban J connectivity index is 2.12. The third-order valence-electron chi connectivity index (χ3n) is 3.59. The van der Waals surface area contributed by atoms with Crippen LogP contribution in [0.4, 0.5) is 4.39 Å². The number of allylic oxidation sites excluding steroid dienone is 1. The number of aromatic nitrogens is 2. The molecule has 3 aromatic rings. The molecule has 2 aromatic carbocycles. The molecule has 0 amide bonds. The summed E-state index contributed by atoms with van der Waals surface area (Å²) >= 11 is 6.69. The SMILES string of the molecule is CCOc1cc(/C=C(/C#N)c2nc3ccc(F)cc3[nH]2)c(Br)c(Br)c1O. The Labute approximate surface area is 165 Å². The van der Waals surface area contributed by atoms with Crippen molar-refractivity contribution in [1.29, 1.82) is 5.26 Å². The van der Waals surface area contributed by atoms with E-state index in [0.717, 1.165) is 0 Å². The maximum absolute atomic E-state index is 13.4. The van der Waals surface area contributed by atoms with Crippen molar-refractivity contribution in [1.82, 2.24) is 9.97 Å². The molecule has 132 valence electrons. The van der Waals surface area contributed by atoms with Crippen LogP contribution in [0.1, 0.15) is 18.3 Å². The molecule has 0 radical (unpaired) electrons. The summed E-state index contributed by atoms with van der Waals surface area (Å²) in [5.41, 5.74) is 1.93. The summed E-state index contributed by atoms with van der Waals surface area (Å²) in [5.74, 6) is 0.190. The zero-order valence-corrected chi connectivity index (χ0v) is 16.6. The van der Waals surface area contributed by atoms with E-state index < -0.39 is 0 Å². The smallest absolute Gasteiger partial charge is 0.173 e. The molecule has 0 saturated heterocycles.